The van der Waals surface area contributed by atoms with E-state index in [0.717, 1.165) is 29.2 Å². The minimum Gasteiger partial charge on any atom is -0.497 e. The quantitative estimate of drug-likeness (QED) is 0.697. The molecule has 0 spiro atoms. The van der Waals surface area contributed by atoms with Crippen molar-refractivity contribution in [2.45, 2.75) is 33.6 Å². The topological polar surface area (TPSA) is 56.1 Å². The third-order valence-electron chi connectivity index (χ3n) is 5.14. The first-order chi connectivity index (χ1) is 13.4. The Morgan fingerprint density at radius 3 is 2.39 bits per heavy atom. The maximum Gasteiger partial charge on any atom is 0.168 e. The van der Waals surface area contributed by atoms with Gasteiger partial charge < -0.3 is 10.1 Å². The van der Waals surface area contributed by atoms with Gasteiger partial charge in [-0.15, -0.1) is 5.10 Å². The fraction of sp³-hybridized carbons (Fsp3) is 0.304. The van der Waals surface area contributed by atoms with Crippen LogP contribution in [0.5, 0.6) is 5.75 Å². The van der Waals surface area contributed by atoms with Gasteiger partial charge in [0.15, 0.2) is 11.6 Å². The molecule has 1 atom stereocenters. The second kappa shape index (κ2) is 7.15. The van der Waals surface area contributed by atoms with Gasteiger partial charge >= 0.3 is 0 Å². The fourth-order valence-electron chi connectivity index (χ4n) is 3.96. The number of benzene rings is 2. The number of hydrogen-bond donors (Lipinski definition) is 1. The van der Waals surface area contributed by atoms with E-state index in [2.05, 4.69) is 44.3 Å². The van der Waals surface area contributed by atoms with Crippen LogP contribution in [0, 0.1) is 19.8 Å². The van der Waals surface area contributed by atoms with E-state index in [1.54, 1.807) is 7.11 Å². The first-order valence-corrected chi connectivity index (χ1v) is 9.59. The van der Waals surface area contributed by atoms with Crippen LogP contribution in [0.15, 0.2) is 42.5 Å². The van der Waals surface area contributed by atoms with Crippen LogP contribution in [0.4, 0.5) is 11.5 Å². The minimum atomic E-state index is 0.153. The Morgan fingerprint density at radius 1 is 1.07 bits per heavy atom. The van der Waals surface area contributed by atoms with Crippen LogP contribution in [-0.2, 0) is 6.42 Å². The third kappa shape index (κ3) is 3.40. The second-order valence-corrected chi connectivity index (χ2v) is 7.72. The largest absolute Gasteiger partial charge is 0.497 e. The molecule has 4 rings (SSSR count). The molecule has 144 valence electrons. The van der Waals surface area contributed by atoms with Gasteiger partial charge in [0.25, 0.3) is 0 Å². The molecule has 1 heterocycles. The van der Waals surface area contributed by atoms with Crippen LogP contribution in [0.1, 0.15) is 40.5 Å². The van der Waals surface area contributed by atoms with Crippen molar-refractivity contribution in [3.8, 4) is 11.4 Å². The van der Waals surface area contributed by atoms with Gasteiger partial charge in [-0.3, -0.25) is 4.79 Å². The lowest BCUT2D eigenvalue weighted by molar-refractivity contribution is 0.0953. The number of anilines is 2. The van der Waals surface area contributed by atoms with Crippen LogP contribution in [0.3, 0.4) is 0 Å². The number of aromatic nitrogens is 2. The lowest BCUT2D eigenvalue weighted by Gasteiger charge is -2.19. The van der Waals surface area contributed by atoms with E-state index in [4.69, 9.17) is 9.84 Å². The molecule has 1 aliphatic rings. The first-order valence-electron chi connectivity index (χ1n) is 9.59. The molecule has 2 aromatic carbocycles. The van der Waals surface area contributed by atoms with Gasteiger partial charge in [-0.2, -0.15) is 0 Å². The summed E-state index contributed by atoms with van der Waals surface area (Å²) in [5.74, 6) is 1.89. The maximum absolute atomic E-state index is 12.9. The molecule has 28 heavy (non-hydrogen) atoms. The summed E-state index contributed by atoms with van der Waals surface area (Å²) in [6, 6.07) is 14.0. The molecule has 0 fully saturated rings. The molecule has 0 amide bonds. The Labute approximate surface area is 165 Å². The first kappa shape index (κ1) is 18.3. The van der Waals surface area contributed by atoms with Crippen molar-refractivity contribution in [2.24, 2.45) is 5.92 Å². The van der Waals surface area contributed by atoms with Crippen LogP contribution >= 0.6 is 0 Å². The molecule has 5 nitrogen and oxygen atoms in total. The van der Waals surface area contributed by atoms with E-state index in [9.17, 15) is 4.79 Å². The Kier molecular flexibility index (Phi) is 4.67. The van der Waals surface area contributed by atoms with Gasteiger partial charge in [0, 0.05) is 12.1 Å². The Morgan fingerprint density at radius 2 is 1.75 bits per heavy atom. The number of methoxy groups -OCH3 is 1. The number of rotatable bonds is 4. The summed E-state index contributed by atoms with van der Waals surface area (Å²) in [6.45, 7) is 6.25. The summed E-state index contributed by atoms with van der Waals surface area (Å²) >= 11 is 0. The number of hydrogen-bond acceptors (Lipinski definition) is 4. The van der Waals surface area contributed by atoms with E-state index >= 15 is 0 Å². The molecule has 1 unspecified atom stereocenters. The molecular weight excluding hydrogens is 350 g/mol. The summed E-state index contributed by atoms with van der Waals surface area (Å²) in [7, 11) is 1.65. The standard InChI is InChI=1S/C23H25N3O2/c1-14-9-15(2)11-17(10-14)24-23-22-20(12-16(3)13-21(22)27)26(25-23)18-5-7-19(28-4)8-6-18/h5-11,16H,12-13H2,1-4H3,(H,24,25). The average Bonchev–Trinajstić information content (AvgIpc) is 2.99. The Balaban J connectivity index is 1.81. The van der Waals surface area contributed by atoms with Crippen LogP contribution in [0.25, 0.3) is 5.69 Å². The average molecular weight is 375 g/mol. The van der Waals surface area contributed by atoms with Gasteiger partial charge in [-0.05, 0) is 73.7 Å². The SMILES string of the molecule is COc1ccc(-n2nc(Nc3cc(C)cc(C)c3)c3c2CC(C)CC3=O)cc1. The van der Waals surface area contributed by atoms with Crippen molar-refractivity contribution in [1.29, 1.82) is 0 Å². The van der Waals surface area contributed by atoms with Crippen molar-refractivity contribution in [3.63, 3.8) is 0 Å². The summed E-state index contributed by atoms with van der Waals surface area (Å²) < 4.78 is 7.16. The molecule has 1 aromatic heterocycles. The molecule has 0 radical (unpaired) electrons. The molecule has 0 saturated carbocycles. The Hall–Kier alpha value is -3.08. The predicted molar refractivity (Wildman–Crippen MR) is 111 cm³/mol. The van der Waals surface area contributed by atoms with Crippen molar-refractivity contribution in [3.05, 3.63) is 64.8 Å². The molecule has 0 saturated heterocycles. The highest BCUT2D eigenvalue weighted by atomic mass is 16.5. The summed E-state index contributed by atoms with van der Waals surface area (Å²) in [5.41, 5.74) is 5.91. The number of nitrogens with zero attached hydrogens (tertiary/aromatic N) is 2. The van der Waals surface area contributed by atoms with Gasteiger partial charge in [0.05, 0.1) is 24.1 Å². The van der Waals surface area contributed by atoms with E-state index < -0.39 is 0 Å². The van der Waals surface area contributed by atoms with E-state index in [1.807, 2.05) is 28.9 Å². The molecular formula is C23H25N3O2. The smallest absolute Gasteiger partial charge is 0.168 e. The highest BCUT2D eigenvalue weighted by Gasteiger charge is 2.31. The van der Waals surface area contributed by atoms with Crippen LogP contribution in [0.2, 0.25) is 0 Å². The number of ether oxygens (including phenoxy) is 1. The normalized spacial score (nSPS) is 16.0. The highest BCUT2D eigenvalue weighted by Crippen LogP contribution is 2.34. The van der Waals surface area contributed by atoms with Crippen molar-refractivity contribution >= 4 is 17.3 Å². The zero-order chi connectivity index (χ0) is 19.8. The number of ketones is 1. The zero-order valence-corrected chi connectivity index (χ0v) is 16.7. The second-order valence-electron chi connectivity index (χ2n) is 7.72. The van der Waals surface area contributed by atoms with Crippen molar-refractivity contribution in [2.75, 3.05) is 12.4 Å². The number of Topliss-reactive ketones (excluding diaryl/α,β-unsaturated/α-hetero) is 1. The van der Waals surface area contributed by atoms with Gasteiger partial charge in [-0.25, -0.2) is 4.68 Å². The third-order valence-corrected chi connectivity index (χ3v) is 5.14. The lowest BCUT2D eigenvalue weighted by Crippen LogP contribution is -2.19. The molecule has 5 heteroatoms. The van der Waals surface area contributed by atoms with Crippen LogP contribution < -0.4 is 10.1 Å². The number of aryl methyl sites for hydroxylation is 2. The predicted octanol–water partition coefficient (Wildman–Crippen LogP) is 5.01. The summed E-state index contributed by atoms with van der Waals surface area (Å²) in [6.07, 6.45) is 1.39. The van der Waals surface area contributed by atoms with E-state index in [1.165, 1.54) is 11.1 Å². The van der Waals surface area contributed by atoms with Gasteiger partial charge in [0.1, 0.15) is 5.75 Å². The lowest BCUT2D eigenvalue weighted by atomic mass is 9.87. The number of nitrogens with one attached hydrogen (secondary N) is 1. The fourth-order valence-corrected chi connectivity index (χ4v) is 3.96. The van der Waals surface area contributed by atoms with E-state index in [-0.39, 0.29) is 5.78 Å². The molecule has 1 aliphatic carbocycles. The number of fused-ring (bicyclic) bond motifs is 1. The number of carbonyl (C=O) groups is 1. The van der Waals surface area contributed by atoms with Gasteiger partial charge in [-0.1, -0.05) is 13.0 Å². The summed E-state index contributed by atoms with van der Waals surface area (Å²) in [4.78, 5) is 12.9. The minimum absolute atomic E-state index is 0.153. The van der Waals surface area contributed by atoms with Gasteiger partial charge in [0.2, 0.25) is 0 Å². The molecule has 0 bridgehead atoms. The zero-order valence-electron chi connectivity index (χ0n) is 16.7. The van der Waals surface area contributed by atoms with Crippen molar-refractivity contribution < 1.29 is 9.53 Å². The molecule has 1 N–H and O–H groups in total. The van der Waals surface area contributed by atoms with E-state index in [0.29, 0.717) is 23.7 Å². The van der Waals surface area contributed by atoms with Crippen LogP contribution in [-0.4, -0.2) is 22.7 Å². The monoisotopic (exact) mass is 375 g/mol. The maximum atomic E-state index is 12.9. The van der Waals surface area contributed by atoms with Crippen molar-refractivity contribution in [1.82, 2.24) is 9.78 Å². The Bertz CT molecular complexity index is 1010. The molecule has 0 aliphatic heterocycles. The molecule has 3 aromatic rings. The summed E-state index contributed by atoms with van der Waals surface area (Å²) in [5, 5.41) is 8.20. The number of carbonyl (C=O) groups excluding carboxylic acids is 1. The highest BCUT2D eigenvalue weighted by molar-refractivity contribution is 6.03.